The number of hydrogen-bond donors (Lipinski definition) is 3. The molecule has 0 heterocycles. The number of carbonyl (C=O) groups is 2. The van der Waals surface area contributed by atoms with E-state index < -0.39 is 0 Å². The number of para-hydroxylation sites is 1. The van der Waals surface area contributed by atoms with Crippen LogP contribution in [0.1, 0.15) is 29.5 Å². The number of anilines is 1. The normalized spacial score (nSPS) is 10.6. The van der Waals surface area contributed by atoms with Gasteiger partial charge in [0, 0.05) is 24.1 Å². The molecule has 0 aliphatic rings. The van der Waals surface area contributed by atoms with Crippen molar-refractivity contribution < 1.29 is 14.7 Å². The summed E-state index contributed by atoms with van der Waals surface area (Å²) >= 11 is 0. The maximum absolute atomic E-state index is 11.9. The zero-order valence-corrected chi connectivity index (χ0v) is 14.2. The summed E-state index contributed by atoms with van der Waals surface area (Å²) in [4.78, 5) is 23.7. The molecule has 0 bridgehead atoms. The molecule has 0 saturated carbocycles. The van der Waals surface area contributed by atoms with E-state index in [-0.39, 0.29) is 30.4 Å². The Morgan fingerprint density at radius 2 is 1.80 bits per heavy atom. The summed E-state index contributed by atoms with van der Waals surface area (Å²) in [5.41, 5.74) is 5.67. The number of aryl methyl sites for hydroxylation is 2. The molecule has 0 fully saturated rings. The molecule has 3 N–H and O–H groups in total. The predicted octanol–water partition coefficient (Wildman–Crippen LogP) is 2.88. The molecule has 0 unspecified atom stereocenters. The third-order valence-corrected chi connectivity index (χ3v) is 3.56. The Labute approximate surface area is 146 Å². The van der Waals surface area contributed by atoms with Crippen molar-refractivity contribution >= 4 is 23.7 Å². The van der Waals surface area contributed by atoms with Gasteiger partial charge in [0.1, 0.15) is 5.75 Å². The van der Waals surface area contributed by atoms with Crippen molar-refractivity contribution in [1.29, 1.82) is 0 Å². The third kappa shape index (κ3) is 5.76. The molecule has 130 valence electrons. The van der Waals surface area contributed by atoms with Crippen LogP contribution >= 0.6 is 0 Å². The second-order valence-corrected chi connectivity index (χ2v) is 5.72. The molecule has 6 heteroatoms. The van der Waals surface area contributed by atoms with Crippen molar-refractivity contribution in [2.45, 2.75) is 26.7 Å². The van der Waals surface area contributed by atoms with Gasteiger partial charge >= 0.3 is 0 Å². The Bertz CT molecular complexity index is 800. The van der Waals surface area contributed by atoms with Crippen molar-refractivity contribution in [3.8, 4) is 5.75 Å². The predicted molar refractivity (Wildman–Crippen MR) is 97.6 cm³/mol. The number of nitrogens with zero attached hydrogens (tertiary/aromatic N) is 1. The largest absolute Gasteiger partial charge is 0.507 e. The fourth-order valence-corrected chi connectivity index (χ4v) is 2.22. The molecule has 0 radical (unpaired) electrons. The van der Waals surface area contributed by atoms with E-state index in [4.69, 9.17) is 0 Å². The lowest BCUT2D eigenvalue weighted by molar-refractivity contribution is -0.124. The SMILES string of the molecule is Cc1ccc(NC(=O)CCC(=O)N/N=C/c2ccccc2O)c(C)c1. The number of phenolic OH excluding ortho intramolecular Hbond substituents is 1. The molecule has 2 rings (SSSR count). The molecular formula is C19H21N3O3. The molecule has 0 aliphatic heterocycles. The number of amides is 2. The lowest BCUT2D eigenvalue weighted by atomic mass is 10.1. The molecule has 0 spiro atoms. The van der Waals surface area contributed by atoms with Gasteiger partial charge in [0.25, 0.3) is 0 Å². The standard InChI is InChI=1S/C19H21N3O3/c1-13-7-8-16(14(2)11-13)21-18(24)9-10-19(25)22-20-12-15-5-3-4-6-17(15)23/h3-8,11-12,23H,9-10H2,1-2H3,(H,21,24)(H,22,25)/b20-12+. The van der Waals surface area contributed by atoms with E-state index in [1.165, 1.54) is 12.3 Å². The minimum absolute atomic E-state index is 0.0227. The maximum atomic E-state index is 11.9. The summed E-state index contributed by atoms with van der Waals surface area (Å²) in [7, 11) is 0. The quantitative estimate of drug-likeness (QED) is 0.558. The highest BCUT2D eigenvalue weighted by atomic mass is 16.3. The molecule has 0 aliphatic carbocycles. The Morgan fingerprint density at radius 1 is 1.08 bits per heavy atom. The van der Waals surface area contributed by atoms with E-state index in [2.05, 4.69) is 15.8 Å². The van der Waals surface area contributed by atoms with E-state index >= 15 is 0 Å². The smallest absolute Gasteiger partial charge is 0.240 e. The summed E-state index contributed by atoms with van der Waals surface area (Å²) in [5.74, 6) is -0.525. The van der Waals surface area contributed by atoms with Crippen molar-refractivity contribution in [1.82, 2.24) is 5.43 Å². The molecule has 6 nitrogen and oxygen atoms in total. The van der Waals surface area contributed by atoms with Crippen LogP contribution < -0.4 is 10.7 Å². The maximum Gasteiger partial charge on any atom is 0.240 e. The zero-order valence-electron chi connectivity index (χ0n) is 14.2. The fraction of sp³-hybridized carbons (Fsp3) is 0.211. The van der Waals surface area contributed by atoms with E-state index in [1.54, 1.807) is 18.2 Å². The van der Waals surface area contributed by atoms with Crippen LogP contribution in [-0.2, 0) is 9.59 Å². The van der Waals surface area contributed by atoms with E-state index in [9.17, 15) is 14.7 Å². The van der Waals surface area contributed by atoms with Crippen LogP contribution in [0.2, 0.25) is 0 Å². The number of aromatic hydroxyl groups is 1. The highest BCUT2D eigenvalue weighted by Crippen LogP contribution is 2.16. The minimum atomic E-state index is -0.373. The van der Waals surface area contributed by atoms with Crippen molar-refractivity contribution in [3.05, 3.63) is 59.2 Å². The first-order valence-electron chi connectivity index (χ1n) is 7.92. The highest BCUT2D eigenvalue weighted by Gasteiger charge is 2.08. The summed E-state index contributed by atoms with van der Waals surface area (Å²) in [6.07, 6.45) is 1.43. The fourth-order valence-electron chi connectivity index (χ4n) is 2.22. The van der Waals surface area contributed by atoms with Crippen LogP contribution in [0, 0.1) is 13.8 Å². The Morgan fingerprint density at radius 3 is 2.52 bits per heavy atom. The van der Waals surface area contributed by atoms with E-state index in [0.29, 0.717) is 5.56 Å². The average molecular weight is 339 g/mol. The first-order valence-corrected chi connectivity index (χ1v) is 7.92. The molecule has 25 heavy (non-hydrogen) atoms. The first kappa shape index (κ1) is 18.2. The first-order chi connectivity index (χ1) is 12.0. The summed E-state index contributed by atoms with van der Waals surface area (Å²) in [6.45, 7) is 3.90. The summed E-state index contributed by atoms with van der Waals surface area (Å²) in [5, 5.41) is 16.1. The van der Waals surface area contributed by atoms with Gasteiger partial charge in [-0.25, -0.2) is 5.43 Å². The number of benzene rings is 2. The molecule has 2 amide bonds. The number of carbonyl (C=O) groups excluding carboxylic acids is 2. The van der Waals surface area contributed by atoms with Gasteiger partial charge in [-0.3, -0.25) is 9.59 Å². The summed E-state index contributed by atoms with van der Waals surface area (Å²) in [6, 6.07) is 12.4. The minimum Gasteiger partial charge on any atom is -0.507 e. The van der Waals surface area contributed by atoms with Gasteiger partial charge in [0.05, 0.1) is 6.21 Å². The van der Waals surface area contributed by atoms with Crippen molar-refractivity contribution in [2.24, 2.45) is 5.10 Å². The van der Waals surface area contributed by atoms with Crippen LogP contribution in [0.25, 0.3) is 0 Å². The third-order valence-electron chi connectivity index (χ3n) is 3.56. The van der Waals surface area contributed by atoms with Gasteiger partial charge in [-0.1, -0.05) is 29.8 Å². The van der Waals surface area contributed by atoms with Gasteiger partial charge in [-0.05, 0) is 37.6 Å². The Hall–Kier alpha value is -3.15. The topological polar surface area (TPSA) is 90.8 Å². The van der Waals surface area contributed by atoms with Gasteiger partial charge in [0.2, 0.25) is 11.8 Å². The Kier molecular flexibility index (Phi) is 6.28. The monoisotopic (exact) mass is 339 g/mol. The summed E-state index contributed by atoms with van der Waals surface area (Å²) < 4.78 is 0. The number of rotatable bonds is 6. The lowest BCUT2D eigenvalue weighted by Gasteiger charge is -2.08. The molecule has 0 atom stereocenters. The van der Waals surface area contributed by atoms with Gasteiger partial charge < -0.3 is 10.4 Å². The molecule has 0 saturated heterocycles. The molecule has 0 aromatic heterocycles. The number of phenols is 1. The zero-order chi connectivity index (χ0) is 18.2. The number of hydrogen-bond acceptors (Lipinski definition) is 4. The number of nitrogens with one attached hydrogen (secondary N) is 2. The molecule has 2 aromatic rings. The second-order valence-electron chi connectivity index (χ2n) is 5.72. The Balaban J connectivity index is 1.77. The highest BCUT2D eigenvalue weighted by molar-refractivity contribution is 5.94. The van der Waals surface area contributed by atoms with Gasteiger partial charge in [-0.15, -0.1) is 0 Å². The van der Waals surface area contributed by atoms with Crippen LogP contribution in [0.4, 0.5) is 5.69 Å². The van der Waals surface area contributed by atoms with Crippen LogP contribution in [0.5, 0.6) is 5.75 Å². The van der Waals surface area contributed by atoms with Crippen LogP contribution in [-0.4, -0.2) is 23.1 Å². The molecule has 2 aromatic carbocycles. The van der Waals surface area contributed by atoms with Crippen LogP contribution in [0.3, 0.4) is 0 Å². The molecular weight excluding hydrogens is 318 g/mol. The van der Waals surface area contributed by atoms with Crippen molar-refractivity contribution in [2.75, 3.05) is 5.32 Å². The van der Waals surface area contributed by atoms with Gasteiger partial charge in [-0.2, -0.15) is 5.10 Å². The second kappa shape index (κ2) is 8.63. The van der Waals surface area contributed by atoms with E-state index in [0.717, 1.165) is 16.8 Å². The lowest BCUT2D eigenvalue weighted by Crippen LogP contribution is -2.20. The van der Waals surface area contributed by atoms with Crippen molar-refractivity contribution in [3.63, 3.8) is 0 Å². The number of hydrazone groups is 1. The average Bonchev–Trinajstić information content (AvgIpc) is 2.57. The van der Waals surface area contributed by atoms with Gasteiger partial charge in [0.15, 0.2) is 0 Å². The van der Waals surface area contributed by atoms with Crippen LogP contribution in [0.15, 0.2) is 47.6 Å². The van der Waals surface area contributed by atoms with E-state index in [1.807, 2.05) is 32.0 Å².